The van der Waals surface area contributed by atoms with Crippen LogP contribution in [0.4, 0.5) is 11.4 Å². The van der Waals surface area contributed by atoms with Crippen molar-refractivity contribution in [1.82, 2.24) is 5.43 Å². The van der Waals surface area contributed by atoms with Crippen molar-refractivity contribution in [3.63, 3.8) is 0 Å². The van der Waals surface area contributed by atoms with Crippen molar-refractivity contribution < 1.29 is 19.6 Å². The maximum absolute atomic E-state index is 12.1. The minimum absolute atomic E-state index is 0.0198. The van der Waals surface area contributed by atoms with Gasteiger partial charge in [0, 0.05) is 34.9 Å². The quantitative estimate of drug-likeness (QED) is 0.409. The zero-order valence-electron chi connectivity index (χ0n) is 14.1. The second-order valence-electron chi connectivity index (χ2n) is 6.04. The van der Waals surface area contributed by atoms with E-state index in [0.717, 1.165) is 31.2 Å². The third kappa shape index (κ3) is 4.66. The molecule has 1 saturated carbocycles. The van der Waals surface area contributed by atoms with E-state index in [1.54, 1.807) is 12.1 Å². The van der Waals surface area contributed by atoms with E-state index in [1.807, 2.05) is 0 Å². The van der Waals surface area contributed by atoms with Gasteiger partial charge in [-0.15, -0.1) is 0 Å². The average molecular weight is 368 g/mol. The van der Waals surface area contributed by atoms with Crippen LogP contribution < -0.4 is 10.7 Å². The summed E-state index contributed by atoms with van der Waals surface area (Å²) < 4.78 is 0. The number of carbonyl (C=O) groups excluding carboxylic acids is 2. The van der Waals surface area contributed by atoms with Gasteiger partial charge in [-0.3, -0.25) is 19.7 Å². The zero-order valence-corrected chi connectivity index (χ0v) is 14.1. The summed E-state index contributed by atoms with van der Waals surface area (Å²) in [4.78, 5) is 33.9. The fourth-order valence-corrected chi connectivity index (χ4v) is 2.28. The third-order valence-corrected chi connectivity index (χ3v) is 3.95. The highest BCUT2D eigenvalue weighted by Crippen LogP contribution is 2.30. The number of anilines is 1. The Hall–Kier alpha value is -3.75. The van der Waals surface area contributed by atoms with Gasteiger partial charge in [0.1, 0.15) is 5.75 Å². The van der Waals surface area contributed by atoms with Crippen molar-refractivity contribution in [3.05, 3.63) is 63.7 Å². The molecule has 2 aromatic rings. The molecule has 0 heterocycles. The number of carbonyl (C=O) groups is 2. The van der Waals surface area contributed by atoms with E-state index in [0.29, 0.717) is 11.3 Å². The molecule has 0 aromatic heterocycles. The zero-order chi connectivity index (χ0) is 19.4. The number of nitrogens with one attached hydrogen (secondary N) is 2. The summed E-state index contributed by atoms with van der Waals surface area (Å²) in [5.74, 6) is -0.633. The van der Waals surface area contributed by atoms with Gasteiger partial charge in [0.15, 0.2) is 0 Å². The van der Waals surface area contributed by atoms with Gasteiger partial charge in [0.25, 0.3) is 11.6 Å². The number of aromatic hydroxyl groups is 1. The fraction of sp³-hybridized carbons (Fsp3) is 0.167. The molecule has 1 aliphatic rings. The highest BCUT2D eigenvalue weighted by molar-refractivity contribution is 5.97. The van der Waals surface area contributed by atoms with Crippen LogP contribution >= 0.6 is 0 Å². The van der Waals surface area contributed by atoms with Gasteiger partial charge in [-0.2, -0.15) is 5.10 Å². The van der Waals surface area contributed by atoms with Crippen molar-refractivity contribution in [2.45, 2.75) is 12.8 Å². The number of amides is 2. The van der Waals surface area contributed by atoms with Crippen LogP contribution in [-0.2, 0) is 4.79 Å². The Balaban J connectivity index is 1.60. The van der Waals surface area contributed by atoms with Gasteiger partial charge < -0.3 is 10.4 Å². The number of phenols is 1. The maximum atomic E-state index is 12.1. The minimum atomic E-state index is -0.598. The maximum Gasteiger partial charge on any atom is 0.271 e. The number of phenolic OH excluding ortho intramolecular Hbond substituents is 1. The molecular formula is C18H16N4O5. The van der Waals surface area contributed by atoms with Crippen LogP contribution in [0.3, 0.4) is 0 Å². The van der Waals surface area contributed by atoms with E-state index in [-0.39, 0.29) is 28.8 Å². The molecule has 2 amide bonds. The lowest BCUT2D eigenvalue weighted by Crippen LogP contribution is -2.18. The molecule has 3 rings (SSSR count). The molecule has 0 aliphatic heterocycles. The molecule has 2 aromatic carbocycles. The van der Waals surface area contributed by atoms with Crippen LogP contribution in [0.25, 0.3) is 0 Å². The number of hydrogen-bond acceptors (Lipinski definition) is 6. The Morgan fingerprint density at radius 3 is 2.52 bits per heavy atom. The lowest BCUT2D eigenvalue weighted by atomic mass is 10.2. The molecule has 0 unspecified atom stereocenters. The average Bonchev–Trinajstić information content (AvgIpc) is 3.49. The number of benzene rings is 2. The molecular weight excluding hydrogens is 352 g/mol. The van der Waals surface area contributed by atoms with Gasteiger partial charge in [-0.05, 0) is 43.2 Å². The first-order valence-corrected chi connectivity index (χ1v) is 8.16. The van der Waals surface area contributed by atoms with Crippen molar-refractivity contribution in [1.29, 1.82) is 0 Å². The van der Waals surface area contributed by atoms with Crippen molar-refractivity contribution >= 4 is 29.4 Å². The van der Waals surface area contributed by atoms with Crippen LogP contribution in [0.2, 0.25) is 0 Å². The molecule has 1 aliphatic carbocycles. The number of hydrazone groups is 1. The van der Waals surface area contributed by atoms with Gasteiger partial charge >= 0.3 is 0 Å². The molecule has 3 N–H and O–H groups in total. The predicted molar refractivity (Wildman–Crippen MR) is 97.6 cm³/mol. The summed E-state index contributed by atoms with van der Waals surface area (Å²) in [5, 5.41) is 26.9. The summed E-state index contributed by atoms with van der Waals surface area (Å²) >= 11 is 0. The molecule has 0 spiro atoms. The first-order chi connectivity index (χ1) is 12.9. The lowest BCUT2D eigenvalue weighted by Gasteiger charge is -2.05. The third-order valence-electron chi connectivity index (χ3n) is 3.95. The smallest absolute Gasteiger partial charge is 0.271 e. The second kappa shape index (κ2) is 7.65. The normalized spacial score (nSPS) is 13.3. The summed E-state index contributed by atoms with van der Waals surface area (Å²) in [5.41, 5.74) is 3.09. The van der Waals surface area contributed by atoms with Crippen LogP contribution in [0, 0.1) is 16.0 Å². The standard InChI is InChI=1S/C18H16N4O5/c23-16-8-7-15(22(26)27)9-13(16)10-19-21-18(25)12-3-5-14(6-4-12)20-17(24)11-1-2-11/h3-11,23H,1-2H2,(H,20,24)(H,21,25). The van der Waals surface area contributed by atoms with Gasteiger partial charge in [0.2, 0.25) is 5.91 Å². The number of non-ortho nitro benzene ring substituents is 1. The Morgan fingerprint density at radius 1 is 1.19 bits per heavy atom. The van der Waals surface area contributed by atoms with E-state index < -0.39 is 10.8 Å². The molecule has 0 bridgehead atoms. The molecule has 9 heteroatoms. The van der Waals surface area contributed by atoms with E-state index >= 15 is 0 Å². The number of hydrogen-bond donors (Lipinski definition) is 3. The number of nitro benzene ring substituents is 1. The van der Waals surface area contributed by atoms with Crippen molar-refractivity contribution in [2.24, 2.45) is 11.0 Å². The summed E-state index contributed by atoms with van der Waals surface area (Å²) in [7, 11) is 0. The van der Waals surface area contributed by atoms with Crippen molar-refractivity contribution in [3.8, 4) is 5.75 Å². The molecule has 0 radical (unpaired) electrons. The molecule has 0 atom stereocenters. The number of rotatable bonds is 6. The fourth-order valence-electron chi connectivity index (χ4n) is 2.28. The van der Waals surface area contributed by atoms with E-state index in [2.05, 4.69) is 15.8 Å². The molecule has 1 fully saturated rings. The number of nitrogens with zero attached hydrogens (tertiary/aromatic N) is 2. The predicted octanol–water partition coefficient (Wildman–Crippen LogP) is 2.41. The van der Waals surface area contributed by atoms with E-state index in [1.165, 1.54) is 18.2 Å². The van der Waals surface area contributed by atoms with Crippen LogP contribution in [-0.4, -0.2) is 28.1 Å². The highest BCUT2D eigenvalue weighted by atomic mass is 16.6. The summed E-state index contributed by atoms with van der Waals surface area (Å²) in [6.07, 6.45) is 2.93. The minimum Gasteiger partial charge on any atom is -0.507 e. The van der Waals surface area contributed by atoms with Crippen LogP contribution in [0.1, 0.15) is 28.8 Å². The van der Waals surface area contributed by atoms with Crippen molar-refractivity contribution in [2.75, 3.05) is 5.32 Å². The molecule has 0 saturated heterocycles. The summed E-state index contributed by atoms with van der Waals surface area (Å²) in [6, 6.07) is 9.79. The van der Waals surface area contributed by atoms with Gasteiger partial charge in [0.05, 0.1) is 11.1 Å². The van der Waals surface area contributed by atoms with Crippen LogP contribution in [0.5, 0.6) is 5.75 Å². The number of nitro groups is 1. The summed E-state index contributed by atoms with van der Waals surface area (Å²) in [6.45, 7) is 0. The molecule has 27 heavy (non-hydrogen) atoms. The monoisotopic (exact) mass is 368 g/mol. The van der Waals surface area contributed by atoms with Crippen LogP contribution in [0.15, 0.2) is 47.6 Å². The Labute approximate surface area is 153 Å². The largest absolute Gasteiger partial charge is 0.507 e. The van der Waals surface area contributed by atoms with E-state index in [4.69, 9.17) is 0 Å². The highest BCUT2D eigenvalue weighted by Gasteiger charge is 2.29. The first-order valence-electron chi connectivity index (χ1n) is 8.16. The Morgan fingerprint density at radius 2 is 1.89 bits per heavy atom. The Bertz CT molecular complexity index is 920. The SMILES string of the molecule is O=C(NN=Cc1cc([N+](=O)[O-])ccc1O)c1ccc(NC(=O)C2CC2)cc1. The first kappa shape index (κ1) is 18.1. The van der Waals surface area contributed by atoms with E-state index in [9.17, 15) is 24.8 Å². The topological polar surface area (TPSA) is 134 Å². The Kier molecular flexibility index (Phi) is 5.11. The lowest BCUT2D eigenvalue weighted by molar-refractivity contribution is -0.384. The van der Waals surface area contributed by atoms with Gasteiger partial charge in [-0.1, -0.05) is 0 Å². The molecule has 138 valence electrons. The molecule has 9 nitrogen and oxygen atoms in total. The van der Waals surface area contributed by atoms with Gasteiger partial charge in [-0.25, -0.2) is 5.43 Å². The second-order valence-corrected chi connectivity index (χ2v) is 6.04.